The molecule has 0 saturated heterocycles. The Balaban J connectivity index is 0.000000123. The summed E-state index contributed by atoms with van der Waals surface area (Å²) >= 11 is 0. The fraction of sp³-hybridized carbons (Fsp3) is 0.275. The van der Waals surface area contributed by atoms with Gasteiger partial charge >= 0.3 is 0 Å². The Morgan fingerprint density at radius 3 is 2.06 bits per heavy atom. The van der Waals surface area contributed by atoms with Crippen molar-refractivity contribution in [2.45, 2.75) is 111 Å². The molecule has 4 aliphatic carbocycles. The van der Waals surface area contributed by atoms with E-state index in [-0.39, 0.29) is 10.8 Å². The van der Waals surface area contributed by atoms with Crippen molar-refractivity contribution in [3.63, 3.8) is 0 Å². The molecule has 352 valence electrons. The maximum Gasteiger partial charge on any atom is 0.135 e. The molecule has 0 N–H and O–H groups in total. The lowest BCUT2D eigenvalue weighted by Crippen LogP contribution is -2.29. The standard InChI is InChI=1S/C27H22O.C23H26.C17H16.C2H6/c1-27(2)23-9-5-3-7-19(23)20-13-11-18(16-24(20)27)17-12-14-26-22(15-17)21-8-4-6-10-25(21)28-26;1-15-10-11-19-20(12-15)23(3,4)21-14-18(13-16(2)22(19)21)17-8-6-5-7-9-17;1-2-7-13-12-14-8-3-4-9-16(14)17-11-6-5-10-15(13)17;1-2/h3-10,12-16,18H,11H2,1-2H3;5-12,14,16,21-22H,13H2,1-4H3;3-6,8-12H,2,7H2,1H3;1-2H3. The first-order valence-electron chi connectivity index (χ1n) is 26.2. The van der Waals surface area contributed by atoms with Gasteiger partial charge < -0.3 is 4.42 Å². The fourth-order valence-corrected chi connectivity index (χ4v) is 12.7. The Hall–Kier alpha value is -6.70. The Morgan fingerprint density at radius 1 is 0.600 bits per heavy atom. The number of hydrogen-bond donors (Lipinski definition) is 0. The van der Waals surface area contributed by atoms with Crippen LogP contribution in [0.2, 0.25) is 0 Å². The summed E-state index contributed by atoms with van der Waals surface area (Å²) in [5.41, 5.74) is 18.3. The second-order valence-corrected chi connectivity index (χ2v) is 21.2. The molecule has 0 spiro atoms. The van der Waals surface area contributed by atoms with Gasteiger partial charge in [0.15, 0.2) is 0 Å². The zero-order valence-corrected chi connectivity index (χ0v) is 42.9. The number of fused-ring (bicyclic) bond motifs is 12. The van der Waals surface area contributed by atoms with Gasteiger partial charge in [0, 0.05) is 22.1 Å². The van der Waals surface area contributed by atoms with E-state index in [0.717, 1.165) is 24.0 Å². The maximum atomic E-state index is 6.01. The van der Waals surface area contributed by atoms with Gasteiger partial charge in [-0.3, -0.25) is 0 Å². The van der Waals surface area contributed by atoms with Crippen LogP contribution in [0.5, 0.6) is 0 Å². The first-order chi connectivity index (χ1) is 34.0. The fourth-order valence-electron chi connectivity index (χ4n) is 12.7. The van der Waals surface area contributed by atoms with E-state index in [9.17, 15) is 0 Å². The molecular formula is C69H70O. The van der Waals surface area contributed by atoms with Crippen molar-refractivity contribution >= 4 is 54.6 Å². The average Bonchev–Trinajstić information content (AvgIpc) is 3.96. The summed E-state index contributed by atoms with van der Waals surface area (Å²) < 4.78 is 6.01. The van der Waals surface area contributed by atoms with Gasteiger partial charge in [0.2, 0.25) is 0 Å². The van der Waals surface area contributed by atoms with Gasteiger partial charge in [-0.2, -0.15) is 0 Å². The quantitative estimate of drug-likeness (QED) is 0.160. The molecule has 1 heteroatoms. The van der Waals surface area contributed by atoms with Crippen molar-refractivity contribution in [3.05, 3.63) is 238 Å². The van der Waals surface area contributed by atoms with E-state index < -0.39 is 0 Å². The molecule has 1 heterocycles. The van der Waals surface area contributed by atoms with E-state index in [1.165, 1.54) is 95.3 Å². The summed E-state index contributed by atoms with van der Waals surface area (Å²) in [4.78, 5) is 0. The molecule has 1 nitrogen and oxygen atoms in total. The largest absolute Gasteiger partial charge is 0.456 e. The highest BCUT2D eigenvalue weighted by Crippen LogP contribution is 2.58. The normalized spacial score (nSPS) is 20.0. The van der Waals surface area contributed by atoms with Crippen LogP contribution in [-0.2, 0) is 17.3 Å². The molecule has 0 saturated carbocycles. The first-order valence-corrected chi connectivity index (χ1v) is 26.2. The van der Waals surface area contributed by atoms with Gasteiger partial charge in [0.05, 0.1) is 0 Å². The molecular weight excluding hydrogens is 845 g/mol. The van der Waals surface area contributed by atoms with Crippen LogP contribution in [0.3, 0.4) is 0 Å². The maximum absolute atomic E-state index is 6.01. The molecule has 9 aromatic rings. The SMILES string of the molecule is CC.CC1(C)C2=CC(c3ccc4oc5ccccc5c4c3)CC=C2c2ccccc21.CCCc1cc2ccccc2c2ccccc12.Cc1ccc2c(c1)C(C)(C)C1C=C(c3ccccc3)CC(C)C21. The van der Waals surface area contributed by atoms with E-state index in [1.54, 1.807) is 11.1 Å². The highest BCUT2D eigenvalue weighted by atomic mass is 16.3. The highest BCUT2D eigenvalue weighted by Gasteiger charge is 2.49. The smallest absolute Gasteiger partial charge is 0.135 e. The molecule has 4 unspecified atom stereocenters. The van der Waals surface area contributed by atoms with Gasteiger partial charge in [0.25, 0.3) is 0 Å². The van der Waals surface area contributed by atoms with Crippen molar-refractivity contribution in [1.82, 2.24) is 0 Å². The molecule has 0 amide bonds. The molecule has 1 aromatic heterocycles. The molecule has 0 fully saturated rings. The van der Waals surface area contributed by atoms with Crippen LogP contribution >= 0.6 is 0 Å². The molecule has 0 aliphatic heterocycles. The van der Waals surface area contributed by atoms with Crippen LogP contribution in [0, 0.1) is 18.8 Å². The molecule has 70 heavy (non-hydrogen) atoms. The first kappa shape index (κ1) is 47.0. The minimum absolute atomic E-state index is 0.0630. The Kier molecular flexibility index (Phi) is 12.9. The van der Waals surface area contributed by atoms with Crippen molar-refractivity contribution in [1.29, 1.82) is 0 Å². The number of para-hydroxylation sites is 1. The zero-order chi connectivity index (χ0) is 48.7. The molecule has 0 bridgehead atoms. The number of rotatable bonds is 4. The summed E-state index contributed by atoms with van der Waals surface area (Å²) in [6.07, 6.45) is 12.1. The Labute approximate surface area is 417 Å². The monoisotopic (exact) mass is 915 g/mol. The van der Waals surface area contributed by atoms with E-state index in [1.807, 2.05) is 26.0 Å². The van der Waals surface area contributed by atoms with Crippen LogP contribution < -0.4 is 0 Å². The van der Waals surface area contributed by atoms with Crippen LogP contribution in [0.4, 0.5) is 0 Å². The second-order valence-electron chi connectivity index (χ2n) is 21.2. The average molecular weight is 915 g/mol. The van der Waals surface area contributed by atoms with Gasteiger partial charge in [-0.25, -0.2) is 0 Å². The van der Waals surface area contributed by atoms with Crippen molar-refractivity contribution in [2.75, 3.05) is 0 Å². The lowest BCUT2D eigenvalue weighted by Gasteiger charge is -2.37. The van der Waals surface area contributed by atoms with Crippen LogP contribution in [0.1, 0.15) is 131 Å². The zero-order valence-electron chi connectivity index (χ0n) is 42.9. The third-order valence-electron chi connectivity index (χ3n) is 16.2. The summed E-state index contributed by atoms with van der Waals surface area (Å²) in [6.45, 7) is 20.5. The molecule has 0 radical (unpaired) electrons. The predicted molar refractivity (Wildman–Crippen MR) is 302 cm³/mol. The van der Waals surface area contributed by atoms with Gasteiger partial charge in [-0.15, -0.1) is 0 Å². The molecule has 4 atom stereocenters. The van der Waals surface area contributed by atoms with Crippen molar-refractivity contribution in [2.24, 2.45) is 11.8 Å². The van der Waals surface area contributed by atoms with E-state index in [2.05, 4.69) is 224 Å². The summed E-state index contributed by atoms with van der Waals surface area (Å²) in [7, 11) is 0. The molecule has 4 aliphatic rings. The number of aryl methyl sites for hydroxylation is 2. The topological polar surface area (TPSA) is 13.1 Å². The number of benzene rings is 8. The summed E-state index contributed by atoms with van der Waals surface area (Å²) in [5, 5.41) is 7.93. The minimum atomic E-state index is 0.0630. The van der Waals surface area contributed by atoms with Crippen molar-refractivity contribution < 1.29 is 4.42 Å². The highest BCUT2D eigenvalue weighted by molar-refractivity contribution is 6.09. The lowest BCUT2D eigenvalue weighted by molar-refractivity contribution is 0.297. The van der Waals surface area contributed by atoms with Crippen LogP contribution in [0.25, 0.3) is 54.6 Å². The predicted octanol–water partition coefficient (Wildman–Crippen LogP) is 19.5. The van der Waals surface area contributed by atoms with Gasteiger partial charge in [-0.05, 0) is 145 Å². The summed E-state index contributed by atoms with van der Waals surface area (Å²) in [5.74, 6) is 2.39. The second kappa shape index (κ2) is 19.2. The number of allylic oxidation sites excluding steroid dienone is 6. The van der Waals surface area contributed by atoms with E-state index in [4.69, 9.17) is 4.42 Å². The third-order valence-corrected chi connectivity index (χ3v) is 16.2. The minimum Gasteiger partial charge on any atom is -0.456 e. The van der Waals surface area contributed by atoms with Gasteiger partial charge in [0.1, 0.15) is 11.2 Å². The summed E-state index contributed by atoms with van der Waals surface area (Å²) in [6, 6.07) is 61.7. The third kappa shape index (κ3) is 8.36. The van der Waals surface area contributed by atoms with Crippen LogP contribution in [0.15, 0.2) is 198 Å². The Bertz CT molecular complexity index is 3460. The van der Waals surface area contributed by atoms with Gasteiger partial charge in [-0.1, -0.05) is 237 Å². The van der Waals surface area contributed by atoms with E-state index >= 15 is 0 Å². The number of hydrogen-bond acceptors (Lipinski definition) is 1. The number of furan rings is 1. The molecule has 8 aromatic carbocycles. The lowest BCUT2D eigenvalue weighted by atomic mass is 9.67. The van der Waals surface area contributed by atoms with Crippen LogP contribution in [-0.4, -0.2) is 0 Å². The molecule has 13 rings (SSSR count). The Morgan fingerprint density at radius 2 is 1.27 bits per heavy atom. The van der Waals surface area contributed by atoms with E-state index in [0.29, 0.717) is 23.7 Å². The van der Waals surface area contributed by atoms with Crippen molar-refractivity contribution in [3.8, 4) is 0 Å².